The summed E-state index contributed by atoms with van der Waals surface area (Å²) in [5.41, 5.74) is 3.16. The summed E-state index contributed by atoms with van der Waals surface area (Å²) in [5, 5.41) is 4.89. The Morgan fingerprint density at radius 2 is 1.52 bits per heavy atom. The fraction of sp³-hybridized carbons (Fsp3) is 0.0435. The van der Waals surface area contributed by atoms with Crippen molar-refractivity contribution in [2.24, 2.45) is 0 Å². The highest BCUT2D eigenvalue weighted by atomic mass is 32.2. The van der Waals surface area contributed by atoms with Crippen LogP contribution in [0.15, 0.2) is 93.1 Å². The molecule has 0 atom stereocenters. The lowest BCUT2D eigenvalue weighted by molar-refractivity contribution is 0.669. The van der Waals surface area contributed by atoms with Gasteiger partial charge < -0.3 is 4.42 Å². The molecule has 0 saturated heterocycles. The molecule has 0 amide bonds. The molecule has 0 spiro atoms. The molecule has 0 aliphatic carbocycles. The molecule has 0 radical (unpaired) electrons. The summed E-state index contributed by atoms with van der Waals surface area (Å²) in [6.45, 7) is 2.13. The number of rotatable bonds is 2. The second-order valence-electron chi connectivity index (χ2n) is 6.32. The molecule has 2 heteroatoms. The van der Waals surface area contributed by atoms with Gasteiger partial charge in [0.05, 0.1) is 0 Å². The van der Waals surface area contributed by atoms with Crippen molar-refractivity contribution in [3.05, 3.63) is 84.4 Å². The van der Waals surface area contributed by atoms with Gasteiger partial charge in [-0.1, -0.05) is 71.9 Å². The Labute approximate surface area is 150 Å². The van der Waals surface area contributed by atoms with E-state index in [-0.39, 0.29) is 0 Å². The zero-order valence-corrected chi connectivity index (χ0v) is 14.6. The Hall–Kier alpha value is -2.71. The first-order chi connectivity index (χ1) is 12.3. The molecule has 0 fully saturated rings. The summed E-state index contributed by atoms with van der Waals surface area (Å²) in [6, 6.07) is 27.7. The number of aryl methyl sites for hydroxylation is 1. The monoisotopic (exact) mass is 340 g/mol. The number of benzene rings is 4. The smallest absolute Gasteiger partial charge is 0.137 e. The quantitative estimate of drug-likeness (QED) is 0.337. The number of hydrogen-bond donors (Lipinski definition) is 0. The third-order valence-electron chi connectivity index (χ3n) is 4.55. The lowest BCUT2D eigenvalue weighted by Crippen LogP contribution is -1.82. The maximum Gasteiger partial charge on any atom is 0.137 e. The second-order valence-corrected chi connectivity index (χ2v) is 7.40. The van der Waals surface area contributed by atoms with Gasteiger partial charge in [0.1, 0.15) is 11.2 Å². The lowest BCUT2D eigenvalue weighted by Gasteiger charge is -2.09. The molecule has 1 nitrogen and oxygen atoms in total. The van der Waals surface area contributed by atoms with Crippen molar-refractivity contribution in [3.63, 3.8) is 0 Å². The van der Waals surface area contributed by atoms with Gasteiger partial charge >= 0.3 is 0 Å². The molecule has 5 aromatic rings. The highest BCUT2D eigenvalue weighted by Crippen LogP contribution is 2.43. The first kappa shape index (κ1) is 14.6. The van der Waals surface area contributed by atoms with E-state index in [4.69, 9.17) is 4.42 Å². The Balaban J connectivity index is 1.91. The van der Waals surface area contributed by atoms with Gasteiger partial charge in [-0.15, -0.1) is 0 Å². The minimum Gasteiger partial charge on any atom is -0.456 e. The van der Waals surface area contributed by atoms with Crippen molar-refractivity contribution in [3.8, 4) is 0 Å². The highest BCUT2D eigenvalue weighted by molar-refractivity contribution is 7.99. The van der Waals surface area contributed by atoms with Crippen molar-refractivity contribution in [1.29, 1.82) is 0 Å². The van der Waals surface area contributed by atoms with Gasteiger partial charge in [-0.3, -0.25) is 0 Å². The zero-order chi connectivity index (χ0) is 16.8. The molecule has 1 aromatic heterocycles. The van der Waals surface area contributed by atoms with Crippen LogP contribution in [0.3, 0.4) is 0 Å². The lowest BCUT2D eigenvalue weighted by atomic mass is 10.0. The van der Waals surface area contributed by atoms with Crippen molar-refractivity contribution in [2.75, 3.05) is 0 Å². The van der Waals surface area contributed by atoms with E-state index in [1.165, 1.54) is 36.9 Å². The van der Waals surface area contributed by atoms with E-state index in [0.717, 1.165) is 11.2 Å². The Morgan fingerprint density at radius 1 is 0.720 bits per heavy atom. The first-order valence-corrected chi connectivity index (χ1v) is 9.19. The molecule has 4 aromatic carbocycles. The predicted molar refractivity (Wildman–Crippen MR) is 107 cm³/mol. The number of hydrogen-bond acceptors (Lipinski definition) is 2. The average Bonchev–Trinajstić information content (AvgIpc) is 3.00. The standard InChI is InChI=1S/C23H16OS/c1-15-11-12-18-16(13-15)14-21-22(19-9-5-6-10-20(19)24-21)23(18)25-17-7-3-2-4-8-17/h2-14H,1H3. The van der Waals surface area contributed by atoms with E-state index in [9.17, 15) is 0 Å². The van der Waals surface area contributed by atoms with Gasteiger partial charge in [-0.25, -0.2) is 0 Å². The Kier molecular flexibility index (Phi) is 3.32. The topological polar surface area (TPSA) is 13.1 Å². The van der Waals surface area contributed by atoms with Crippen molar-refractivity contribution >= 4 is 44.5 Å². The fourth-order valence-electron chi connectivity index (χ4n) is 3.40. The van der Waals surface area contributed by atoms with Crippen LogP contribution in [0.25, 0.3) is 32.7 Å². The van der Waals surface area contributed by atoms with Gasteiger partial charge in [0.15, 0.2) is 0 Å². The van der Waals surface area contributed by atoms with E-state index >= 15 is 0 Å². The van der Waals surface area contributed by atoms with Crippen LogP contribution in [0, 0.1) is 6.92 Å². The number of furan rings is 1. The second kappa shape index (κ2) is 5.68. The van der Waals surface area contributed by atoms with Gasteiger partial charge in [-0.2, -0.15) is 0 Å². The molecule has 0 saturated carbocycles. The van der Waals surface area contributed by atoms with Crippen LogP contribution >= 0.6 is 11.8 Å². The fourth-order valence-corrected chi connectivity index (χ4v) is 4.53. The van der Waals surface area contributed by atoms with E-state index < -0.39 is 0 Å². The minimum absolute atomic E-state index is 0.944. The maximum absolute atomic E-state index is 6.17. The van der Waals surface area contributed by atoms with Crippen LogP contribution in [0.5, 0.6) is 0 Å². The van der Waals surface area contributed by atoms with Crippen molar-refractivity contribution < 1.29 is 4.42 Å². The summed E-state index contributed by atoms with van der Waals surface area (Å²) in [7, 11) is 0. The third kappa shape index (κ3) is 2.41. The summed E-state index contributed by atoms with van der Waals surface area (Å²) in [6.07, 6.45) is 0. The summed E-state index contributed by atoms with van der Waals surface area (Å²) >= 11 is 1.81. The largest absolute Gasteiger partial charge is 0.456 e. The predicted octanol–water partition coefficient (Wildman–Crippen LogP) is 7.20. The molecule has 0 aliphatic rings. The van der Waals surface area contributed by atoms with E-state index in [1.807, 2.05) is 23.9 Å². The van der Waals surface area contributed by atoms with E-state index in [0.29, 0.717) is 0 Å². The molecule has 5 rings (SSSR count). The van der Waals surface area contributed by atoms with Gasteiger partial charge in [0, 0.05) is 20.6 Å². The molecule has 0 unspecified atom stereocenters. The molecule has 0 N–H and O–H groups in total. The number of fused-ring (bicyclic) bond motifs is 4. The summed E-state index contributed by atoms with van der Waals surface area (Å²) in [5.74, 6) is 0. The molecule has 120 valence electrons. The molecule has 0 bridgehead atoms. The molecule has 1 heterocycles. The van der Waals surface area contributed by atoms with Crippen LogP contribution in [0.4, 0.5) is 0 Å². The van der Waals surface area contributed by atoms with Crippen LogP contribution in [0.2, 0.25) is 0 Å². The molecular weight excluding hydrogens is 324 g/mol. The van der Waals surface area contributed by atoms with Crippen molar-refractivity contribution in [2.45, 2.75) is 16.7 Å². The first-order valence-electron chi connectivity index (χ1n) is 8.37. The third-order valence-corrected chi connectivity index (χ3v) is 5.69. The van der Waals surface area contributed by atoms with Crippen LogP contribution in [0.1, 0.15) is 5.56 Å². The molecular formula is C23H16OS. The zero-order valence-electron chi connectivity index (χ0n) is 13.8. The van der Waals surface area contributed by atoms with Gasteiger partial charge in [-0.05, 0) is 42.0 Å². The van der Waals surface area contributed by atoms with Crippen LogP contribution < -0.4 is 0 Å². The Bertz CT molecular complexity index is 1220. The van der Waals surface area contributed by atoms with Gasteiger partial charge in [0.2, 0.25) is 0 Å². The van der Waals surface area contributed by atoms with E-state index in [2.05, 4.69) is 73.7 Å². The van der Waals surface area contributed by atoms with Crippen LogP contribution in [-0.4, -0.2) is 0 Å². The average molecular weight is 340 g/mol. The summed E-state index contributed by atoms with van der Waals surface area (Å²) < 4.78 is 6.17. The minimum atomic E-state index is 0.944. The normalized spacial score (nSPS) is 11.6. The van der Waals surface area contributed by atoms with Gasteiger partial charge in [0.25, 0.3) is 0 Å². The maximum atomic E-state index is 6.17. The van der Waals surface area contributed by atoms with E-state index in [1.54, 1.807) is 0 Å². The van der Waals surface area contributed by atoms with Crippen molar-refractivity contribution in [1.82, 2.24) is 0 Å². The Morgan fingerprint density at radius 3 is 2.40 bits per heavy atom. The summed E-state index contributed by atoms with van der Waals surface area (Å²) in [4.78, 5) is 2.51. The van der Waals surface area contributed by atoms with Crippen LogP contribution in [-0.2, 0) is 0 Å². The highest BCUT2D eigenvalue weighted by Gasteiger charge is 2.15. The molecule has 25 heavy (non-hydrogen) atoms. The SMILES string of the molecule is Cc1ccc2c(Sc3ccccc3)c3c(cc2c1)oc1ccccc13. The molecule has 0 aliphatic heterocycles. The number of para-hydroxylation sites is 1.